The van der Waals surface area contributed by atoms with Crippen LogP contribution in [0.5, 0.6) is 0 Å². The van der Waals surface area contributed by atoms with E-state index in [1.807, 2.05) is 13.0 Å². The van der Waals surface area contributed by atoms with Crippen LogP contribution < -0.4 is 5.32 Å². The van der Waals surface area contributed by atoms with Crippen LogP contribution in [0.1, 0.15) is 32.6 Å². The van der Waals surface area contributed by atoms with Crippen LogP contribution in [0.2, 0.25) is 0 Å². The van der Waals surface area contributed by atoms with Gasteiger partial charge in [-0.05, 0) is 12.8 Å². The zero-order chi connectivity index (χ0) is 10.4. The lowest BCUT2D eigenvalue weighted by Gasteiger charge is -2.31. The maximum Gasteiger partial charge on any atom is 0.0501 e. The maximum absolute atomic E-state index is 11.8. The van der Waals surface area contributed by atoms with Gasteiger partial charge in [0.15, 0.2) is 0 Å². The first-order valence-corrected chi connectivity index (χ1v) is 6.89. The van der Waals surface area contributed by atoms with Gasteiger partial charge in [0.25, 0.3) is 0 Å². The molecule has 0 spiro atoms. The second kappa shape index (κ2) is 6.36. The Balaban J connectivity index is 2.49. The zero-order valence-corrected chi connectivity index (χ0v) is 9.81. The smallest absolute Gasteiger partial charge is 0.0501 e. The molecule has 82 valence electrons. The molecule has 0 aromatic heterocycles. The van der Waals surface area contributed by atoms with Crippen LogP contribution in [0, 0.1) is 0 Å². The molecular weight excluding hydrogens is 194 g/mol. The SMILES string of the molecule is C=CCN[C@@H]1CCCC[C@@H]1[S@@](=O)CC. The molecule has 1 N–H and O–H groups in total. The summed E-state index contributed by atoms with van der Waals surface area (Å²) in [5.41, 5.74) is 0. The Labute approximate surface area is 89.6 Å². The summed E-state index contributed by atoms with van der Waals surface area (Å²) in [5, 5.41) is 3.79. The molecule has 0 bridgehead atoms. The first kappa shape index (κ1) is 11.9. The predicted octanol–water partition coefficient (Wildman–Crippen LogP) is 1.84. The molecular formula is C11H21NOS. The van der Waals surface area contributed by atoms with Crippen LogP contribution in [0.15, 0.2) is 12.7 Å². The first-order chi connectivity index (χ1) is 6.79. The lowest BCUT2D eigenvalue weighted by molar-refractivity contribution is 0.390. The molecule has 3 atom stereocenters. The van der Waals surface area contributed by atoms with E-state index in [0.717, 1.165) is 18.7 Å². The molecule has 0 aromatic rings. The molecule has 0 saturated heterocycles. The highest BCUT2D eigenvalue weighted by molar-refractivity contribution is 7.85. The number of hydrogen-bond donors (Lipinski definition) is 1. The van der Waals surface area contributed by atoms with Crippen LogP contribution in [0.3, 0.4) is 0 Å². The monoisotopic (exact) mass is 215 g/mol. The van der Waals surface area contributed by atoms with E-state index in [0.29, 0.717) is 11.3 Å². The molecule has 1 aliphatic carbocycles. The van der Waals surface area contributed by atoms with Crippen LogP contribution in [-0.4, -0.2) is 27.8 Å². The molecule has 0 radical (unpaired) electrons. The molecule has 1 aliphatic rings. The van der Waals surface area contributed by atoms with Gasteiger partial charge in [-0.2, -0.15) is 0 Å². The molecule has 1 saturated carbocycles. The Kier molecular flexibility index (Phi) is 5.41. The van der Waals surface area contributed by atoms with Gasteiger partial charge in [-0.1, -0.05) is 25.8 Å². The molecule has 0 aromatic carbocycles. The largest absolute Gasteiger partial charge is 0.309 e. The van der Waals surface area contributed by atoms with Crippen molar-refractivity contribution in [2.75, 3.05) is 12.3 Å². The van der Waals surface area contributed by atoms with Crippen molar-refractivity contribution >= 4 is 10.8 Å². The Bertz CT molecular complexity index is 205. The second-order valence-corrected chi connectivity index (χ2v) is 5.74. The van der Waals surface area contributed by atoms with Gasteiger partial charge in [0.1, 0.15) is 0 Å². The second-order valence-electron chi connectivity index (χ2n) is 3.80. The molecule has 0 amide bonds. The fourth-order valence-corrected chi connectivity index (χ4v) is 3.55. The third-order valence-electron chi connectivity index (χ3n) is 2.85. The van der Waals surface area contributed by atoms with Gasteiger partial charge < -0.3 is 5.32 Å². The lowest BCUT2D eigenvalue weighted by atomic mass is 9.95. The minimum absolute atomic E-state index is 0.369. The first-order valence-electron chi connectivity index (χ1n) is 5.51. The molecule has 0 aliphatic heterocycles. The van der Waals surface area contributed by atoms with Gasteiger partial charge in [-0.15, -0.1) is 6.58 Å². The summed E-state index contributed by atoms with van der Waals surface area (Å²) in [6.07, 6.45) is 6.68. The maximum atomic E-state index is 11.8. The van der Waals surface area contributed by atoms with Crippen molar-refractivity contribution in [3.8, 4) is 0 Å². The van der Waals surface area contributed by atoms with E-state index in [4.69, 9.17) is 0 Å². The van der Waals surface area contributed by atoms with Gasteiger partial charge in [-0.3, -0.25) is 4.21 Å². The highest BCUT2D eigenvalue weighted by Gasteiger charge is 2.28. The lowest BCUT2D eigenvalue weighted by Crippen LogP contribution is -2.44. The quantitative estimate of drug-likeness (QED) is 0.709. The summed E-state index contributed by atoms with van der Waals surface area (Å²) < 4.78 is 11.8. The Hall–Kier alpha value is -0.150. The van der Waals surface area contributed by atoms with Gasteiger partial charge in [-0.25, -0.2) is 0 Å². The number of hydrogen-bond acceptors (Lipinski definition) is 2. The highest BCUT2D eigenvalue weighted by atomic mass is 32.2. The van der Waals surface area contributed by atoms with E-state index in [1.54, 1.807) is 0 Å². The fraction of sp³-hybridized carbons (Fsp3) is 0.818. The summed E-state index contributed by atoms with van der Waals surface area (Å²) in [5.74, 6) is 0.789. The predicted molar refractivity (Wildman–Crippen MR) is 62.9 cm³/mol. The normalized spacial score (nSPS) is 29.8. The van der Waals surface area contributed by atoms with Crippen molar-refractivity contribution < 1.29 is 4.21 Å². The van der Waals surface area contributed by atoms with Crippen molar-refractivity contribution in [2.45, 2.75) is 43.9 Å². The Morgan fingerprint density at radius 3 is 2.86 bits per heavy atom. The molecule has 0 heterocycles. The van der Waals surface area contributed by atoms with E-state index in [2.05, 4.69) is 11.9 Å². The average molecular weight is 215 g/mol. The summed E-state index contributed by atoms with van der Waals surface area (Å²) in [4.78, 5) is 0. The Morgan fingerprint density at radius 2 is 2.21 bits per heavy atom. The third kappa shape index (κ3) is 3.21. The molecule has 0 unspecified atom stereocenters. The van der Waals surface area contributed by atoms with Crippen molar-refractivity contribution in [1.29, 1.82) is 0 Å². The van der Waals surface area contributed by atoms with E-state index in [9.17, 15) is 4.21 Å². The summed E-state index contributed by atoms with van der Waals surface area (Å²) in [7, 11) is -0.644. The topological polar surface area (TPSA) is 29.1 Å². The van der Waals surface area contributed by atoms with Gasteiger partial charge in [0, 0.05) is 29.1 Å². The third-order valence-corrected chi connectivity index (χ3v) is 4.66. The van der Waals surface area contributed by atoms with Crippen molar-refractivity contribution in [3.05, 3.63) is 12.7 Å². The number of rotatable bonds is 5. The summed E-state index contributed by atoms with van der Waals surface area (Å²) in [6, 6.07) is 0.447. The van der Waals surface area contributed by atoms with Crippen LogP contribution in [0.25, 0.3) is 0 Å². The molecule has 1 fully saturated rings. The van der Waals surface area contributed by atoms with Crippen molar-refractivity contribution in [2.24, 2.45) is 0 Å². The van der Waals surface area contributed by atoms with Crippen LogP contribution in [0.4, 0.5) is 0 Å². The fourth-order valence-electron chi connectivity index (χ4n) is 2.09. The Morgan fingerprint density at radius 1 is 1.50 bits per heavy atom. The zero-order valence-electron chi connectivity index (χ0n) is 9.00. The average Bonchev–Trinajstić information content (AvgIpc) is 2.25. The molecule has 1 rings (SSSR count). The van der Waals surface area contributed by atoms with Gasteiger partial charge in [0.2, 0.25) is 0 Å². The van der Waals surface area contributed by atoms with Crippen molar-refractivity contribution in [3.63, 3.8) is 0 Å². The number of nitrogens with one attached hydrogen (secondary N) is 1. The van der Waals surface area contributed by atoms with Gasteiger partial charge >= 0.3 is 0 Å². The minimum atomic E-state index is -0.644. The summed E-state index contributed by atoms with van der Waals surface area (Å²) in [6.45, 7) is 6.54. The van der Waals surface area contributed by atoms with Crippen LogP contribution >= 0.6 is 0 Å². The summed E-state index contributed by atoms with van der Waals surface area (Å²) >= 11 is 0. The van der Waals surface area contributed by atoms with Crippen molar-refractivity contribution in [1.82, 2.24) is 5.32 Å². The van der Waals surface area contributed by atoms with E-state index in [1.165, 1.54) is 19.3 Å². The van der Waals surface area contributed by atoms with E-state index >= 15 is 0 Å². The minimum Gasteiger partial charge on any atom is -0.309 e. The molecule has 14 heavy (non-hydrogen) atoms. The highest BCUT2D eigenvalue weighted by Crippen LogP contribution is 2.22. The standard InChI is InChI=1S/C11H21NOS/c1-3-9-12-10-7-5-6-8-11(10)14(13)4-2/h3,10-12H,1,4-9H2,2H3/t10-,11+,14+/m1/s1. The van der Waals surface area contributed by atoms with Gasteiger partial charge in [0.05, 0.1) is 5.25 Å². The van der Waals surface area contributed by atoms with E-state index < -0.39 is 10.8 Å². The molecule has 3 heteroatoms. The molecule has 2 nitrogen and oxygen atoms in total. The van der Waals surface area contributed by atoms with E-state index in [-0.39, 0.29) is 0 Å². The van der Waals surface area contributed by atoms with Crippen LogP contribution in [-0.2, 0) is 10.8 Å².